The summed E-state index contributed by atoms with van der Waals surface area (Å²) >= 11 is 1.25. The number of nitrogens with one attached hydrogen (secondary N) is 2. The number of carboxylic acid groups (broad SMARTS) is 1. The molecule has 8 heteroatoms. The third-order valence-electron chi connectivity index (χ3n) is 3.28. The quantitative estimate of drug-likeness (QED) is 0.702. The van der Waals surface area contributed by atoms with Crippen LogP contribution in [-0.4, -0.2) is 27.9 Å². The molecular weight excluding hydrogens is 342 g/mol. The van der Waals surface area contributed by atoms with Gasteiger partial charge in [-0.1, -0.05) is 32.0 Å². The molecule has 1 aromatic heterocycles. The van der Waals surface area contributed by atoms with E-state index in [1.165, 1.54) is 11.3 Å². The molecule has 0 atom stereocenters. The Morgan fingerprint density at radius 1 is 1.16 bits per heavy atom. The van der Waals surface area contributed by atoms with Gasteiger partial charge in [-0.2, -0.15) is 0 Å². The second-order valence-corrected chi connectivity index (χ2v) is 6.60. The molecule has 7 nitrogen and oxygen atoms in total. The standard InChI is InChI=1S/C17H19N3O4S/c1-10(2)16(24)20-17-18-12(9-25-17)8-14(21)19-13-6-4-3-5-11(13)7-15(22)23/h3-6,9-10H,7-8H2,1-2H3,(H,19,21)(H,22,23)(H,18,20,24). The Hall–Kier alpha value is -2.74. The van der Waals surface area contributed by atoms with E-state index < -0.39 is 5.97 Å². The molecule has 0 saturated carbocycles. The molecule has 0 unspecified atom stereocenters. The molecule has 0 saturated heterocycles. The lowest BCUT2D eigenvalue weighted by atomic mass is 10.1. The van der Waals surface area contributed by atoms with Crippen LogP contribution in [0.5, 0.6) is 0 Å². The fraction of sp³-hybridized carbons (Fsp3) is 0.294. The molecule has 2 rings (SSSR count). The molecule has 1 heterocycles. The Bertz CT molecular complexity index is 786. The number of thiazole rings is 1. The van der Waals surface area contributed by atoms with Gasteiger partial charge in [-0.3, -0.25) is 14.4 Å². The number of anilines is 2. The smallest absolute Gasteiger partial charge is 0.307 e. The highest BCUT2D eigenvalue weighted by Gasteiger charge is 2.13. The highest BCUT2D eigenvalue weighted by atomic mass is 32.1. The fourth-order valence-corrected chi connectivity index (χ4v) is 2.73. The molecule has 132 valence electrons. The summed E-state index contributed by atoms with van der Waals surface area (Å²) in [6.45, 7) is 3.57. The lowest BCUT2D eigenvalue weighted by molar-refractivity contribution is -0.136. The summed E-state index contributed by atoms with van der Waals surface area (Å²) in [7, 11) is 0. The lowest BCUT2D eigenvalue weighted by Gasteiger charge is -2.09. The summed E-state index contributed by atoms with van der Waals surface area (Å²) in [5.41, 5.74) is 1.54. The van der Waals surface area contributed by atoms with Crippen molar-refractivity contribution >= 4 is 39.9 Å². The van der Waals surface area contributed by atoms with Crippen LogP contribution in [0.3, 0.4) is 0 Å². The van der Waals surface area contributed by atoms with Crippen LogP contribution in [0.2, 0.25) is 0 Å². The Morgan fingerprint density at radius 3 is 2.56 bits per heavy atom. The van der Waals surface area contributed by atoms with Gasteiger partial charge in [-0.15, -0.1) is 11.3 Å². The summed E-state index contributed by atoms with van der Waals surface area (Å²) in [6, 6.07) is 6.76. The van der Waals surface area contributed by atoms with Gasteiger partial charge in [0.25, 0.3) is 0 Å². The summed E-state index contributed by atoms with van der Waals surface area (Å²) in [5, 5.41) is 16.5. The maximum atomic E-state index is 12.2. The van der Waals surface area contributed by atoms with E-state index in [4.69, 9.17) is 5.11 Å². The third kappa shape index (κ3) is 5.68. The van der Waals surface area contributed by atoms with Crippen LogP contribution in [0.15, 0.2) is 29.6 Å². The van der Waals surface area contributed by atoms with E-state index in [9.17, 15) is 14.4 Å². The Kier molecular flexibility index (Phi) is 6.24. The molecule has 2 aromatic rings. The molecule has 25 heavy (non-hydrogen) atoms. The van der Waals surface area contributed by atoms with Crippen LogP contribution < -0.4 is 10.6 Å². The normalized spacial score (nSPS) is 10.5. The molecular formula is C17H19N3O4S. The van der Waals surface area contributed by atoms with Gasteiger partial charge in [-0.25, -0.2) is 4.98 Å². The van der Waals surface area contributed by atoms with E-state index >= 15 is 0 Å². The average Bonchev–Trinajstić information content (AvgIpc) is 2.95. The minimum absolute atomic E-state index is 0.0372. The molecule has 1 aromatic carbocycles. The van der Waals surface area contributed by atoms with E-state index in [2.05, 4.69) is 15.6 Å². The predicted octanol–water partition coefficient (Wildman–Crippen LogP) is 2.55. The number of carbonyl (C=O) groups is 3. The van der Waals surface area contributed by atoms with Gasteiger partial charge in [0, 0.05) is 17.0 Å². The summed E-state index contributed by atoms with van der Waals surface area (Å²) in [4.78, 5) is 38.9. The average molecular weight is 361 g/mol. The van der Waals surface area contributed by atoms with Gasteiger partial charge in [-0.05, 0) is 11.6 Å². The number of aliphatic carboxylic acids is 1. The maximum Gasteiger partial charge on any atom is 0.307 e. The number of hydrogen-bond donors (Lipinski definition) is 3. The number of amides is 2. The van der Waals surface area contributed by atoms with Crippen molar-refractivity contribution in [3.05, 3.63) is 40.9 Å². The highest BCUT2D eigenvalue weighted by molar-refractivity contribution is 7.13. The second kappa shape index (κ2) is 8.39. The van der Waals surface area contributed by atoms with Crippen LogP contribution in [0, 0.1) is 5.92 Å². The van der Waals surface area contributed by atoms with Crippen molar-refractivity contribution in [1.29, 1.82) is 0 Å². The molecule has 0 bridgehead atoms. The minimum atomic E-state index is -0.966. The first kappa shape index (κ1) is 18.6. The highest BCUT2D eigenvalue weighted by Crippen LogP contribution is 2.19. The third-order valence-corrected chi connectivity index (χ3v) is 4.09. The first-order valence-corrected chi connectivity index (χ1v) is 8.58. The van der Waals surface area contributed by atoms with E-state index in [0.29, 0.717) is 22.1 Å². The van der Waals surface area contributed by atoms with Crippen molar-refractivity contribution in [2.24, 2.45) is 5.92 Å². The van der Waals surface area contributed by atoms with Crippen LogP contribution >= 0.6 is 11.3 Å². The van der Waals surface area contributed by atoms with Gasteiger partial charge in [0.05, 0.1) is 18.5 Å². The van der Waals surface area contributed by atoms with Gasteiger partial charge >= 0.3 is 5.97 Å². The van der Waals surface area contributed by atoms with Crippen molar-refractivity contribution in [3.8, 4) is 0 Å². The van der Waals surface area contributed by atoms with Gasteiger partial charge < -0.3 is 15.7 Å². The zero-order chi connectivity index (χ0) is 18.4. The monoisotopic (exact) mass is 361 g/mol. The van der Waals surface area contributed by atoms with E-state index in [1.54, 1.807) is 43.5 Å². The number of para-hydroxylation sites is 1. The minimum Gasteiger partial charge on any atom is -0.481 e. The fourth-order valence-electron chi connectivity index (χ4n) is 2.01. The number of nitrogens with zero attached hydrogens (tertiary/aromatic N) is 1. The Balaban J connectivity index is 1.98. The van der Waals surface area contributed by atoms with Crippen LogP contribution in [0.1, 0.15) is 25.1 Å². The van der Waals surface area contributed by atoms with Crippen LogP contribution in [0.25, 0.3) is 0 Å². The maximum absolute atomic E-state index is 12.2. The first-order valence-electron chi connectivity index (χ1n) is 7.70. The van der Waals surface area contributed by atoms with Crippen molar-refractivity contribution in [1.82, 2.24) is 4.98 Å². The summed E-state index contributed by atoms with van der Waals surface area (Å²) < 4.78 is 0. The molecule has 0 aliphatic heterocycles. The van der Waals surface area contributed by atoms with Crippen molar-refractivity contribution in [2.45, 2.75) is 26.7 Å². The lowest BCUT2D eigenvalue weighted by Crippen LogP contribution is -2.18. The Morgan fingerprint density at radius 2 is 1.88 bits per heavy atom. The number of aromatic nitrogens is 1. The summed E-state index contributed by atoms with van der Waals surface area (Å²) in [6.07, 6.45) is -0.131. The number of benzene rings is 1. The second-order valence-electron chi connectivity index (χ2n) is 5.74. The van der Waals surface area contributed by atoms with Crippen molar-refractivity contribution in [3.63, 3.8) is 0 Å². The topological polar surface area (TPSA) is 108 Å². The molecule has 2 amide bonds. The summed E-state index contributed by atoms with van der Waals surface area (Å²) in [5.74, 6) is -1.55. The zero-order valence-electron chi connectivity index (χ0n) is 13.9. The van der Waals surface area contributed by atoms with Crippen molar-refractivity contribution in [2.75, 3.05) is 10.6 Å². The van der Waals surface area contributed by atoms with Gasteiger partial charge in [0.15, 0.2) is 5.13 Å². The molecule has 3 N–H and O–H groups in total. The van der Waals surface area contributed by atoms with Gasteiger partial charge in [0.2, 0.25) is 11.8 Å². The van der Waals surface area contributed by atoms with Crippen LogP contribution in [0.4, 0.5) is 10.8 Å². The van der Waals surface area contributed by atoms with E-state index in [1.807, 2.05) is 0 Å². The first-order chi connectivity index (χ1) is 11.8. The zero-order valence-corrected chi connectivity index (χ0v) is 14.7. The van der Waals surface area contributed by atoms with E-state index in [0.717, 1.165) is 0 Å². The van der Waals surface area contributed by atoms with E-state index in [-0.39, 0.29) is 30.6 Å². The molecule has 0 radical (unpaired) electrons. The number of carboxylic acids is 1. The SMILES string of the molecule is CC(C)C(=O)Nc1nc(CC(=O)Nc2ccccc2CC(=O)O)cs1. The molecule has 0 aliphatic rings. The molecule has 0 fully saturated rings. The molecule has 0 spiro atoms. The number of carbonyl (C=O) groups excluding carboxylic acids is 2. The predicted molar refractivity (Wildman–Crippen MR) is 95.7 cm³/mol. The van der Waals surface area contributed by atoms with Crippen LogP contribution in [-0.2, 0) is 27.2 Å². The Labute approximate surface area is 149 Å². The molecule has 0 aliphatic carbocycles. The number of hydrogen-bond acceptors (Lipinski definition) is 5. The van der Waals surface area contributed by atoms with Crippen molar-refractivity contribution < 1.29 is 19.5 Å². The largest absolute Gasteiger partial charge is 0.481 e. The van der Waals surface area contributed by atoms with Gasteiger partial charge in [0.1, 0.15) is 0 Å². The number of rotatable bonds is 7.